The average molecular weight is 165 g/mol. The predicted molar refractivity (Wildman–Crippen MR) is 35.2 cm³/mol. The quantitative estimate of drug-likeness (QED) is 0.410. The average Bonchev–Trinajstić information content (AvgIpc) is 2.00. The molecule has 0 saturated carbocycles. The van der Waals surface area contributed by atoms with Crippen molar-refractivity contribution >= 4 is 0 Å². The highest BCUT2D eigenvalue weighted by molar-refractivity contribution is 4.69. The Balaban J connectivity index is 3.78. The molecule has 0 saturated heterocycles. The van der Waals surface area contributed by atoms with Gasteiger partial charge in [-0.2, -0.15) is 0 Å². The molecule has 0 amide bonds. The summed E-state index contributed by atoms with van der Waals surface area (Å²) in [6.45, 7) is 0.484. The molecule has 0 aromatic carbocycles. The Bertz CT molecular complexity index is 133. The molecule has 0 fully saturated rings. The van der Waals surface area contributed by atoms with E-state index in [1.807, 2.05) is 0 Å². The molecule has 0 atom stereocenters. The molecule has 6 heteroatoms. The molecule has 0 aliphatic rings. The summed E-state index contributed by atoms with van der Waals surface area (Å²) in [6.07, 6.45) is 0. The van der Waals surface area contributed by atoms with E-state index in [-0.39, 0.29) is 19.8 Å². The van der Waals surface area contributed by atoms with Crippen LogP contribution in [-0.2, 0) is 4.84 Å². The van der Waals surface area contributed by atoms with Crippen molar-refractivity contribution in [2.45, 2.75) is 6.92 Å². The zero-order valence-electron chi connectivity index (χ0n) is 6.19. The Hall–Kier alpha value is -0.880. The minimum absolute atomic E-state index is 0.299. The zero-order valence-corrected chi connectivity index (χ0v) is 6.19. The summed E-state index contributed by atoms with van der Waals surface area (Å²) in [5.74, 6) is 0. The Kier molecular flexibility index (Phi) is 3.77. The van der Waals surface area contributed by atoms with Crippen LogP contribution < -0.4 is 0 Å². The topological polar surface area (TPSA) is 92.8 Å². The maximum Gasteiger partial charge on any atom is 0.294 e. The number of aliphatic hydroxyl groups is 2. The van der Waals surface area contributed by atoms with Crippen LogP contribution in [0.2, 0.25) is 0 Å². The minimum Gasteiger partial charge on any atom is -0.396 e. The fourth-order valence-electron chi connectivity index (χ4n) is 0.350. The van der Waals surface area contributed by atoms with Gasteiger partial charge in [-0.15, -0.1) is 10.1 Å². The molecule has 0 radical (unpaired) electrons. The lowest BCUT2D eigenvalue weighted by Gasteiger charge is -2.22. The largest absolute Gasteiger partial charge is 0.396 e. The number of rotatable bonds is 5. The van der Waals surface area contributed by atoms with Gasteiger partial charge in [-0.05, 0) is 0 Å². The number of hydrogen-bond acceptors (Lipinski definition) is 5. The van der Waals surface area contributed by atoms with E-state index >= 15 is 0 Å². The lowest BCUT2D eigenvalue weighted by Crippen LogP contribution is -2.32. The van der Waals surface area contributed by atoms with Crippen LogP contribution in [0, 0.1) is 15.5 Å². The summed E-state index contributed by atoms with van der Waals surface area (Å²) >= 11 is 0. The van der Waals surface area contributed by atoms with Crippen LogP contribution in [0.25, 0.3) is 0 Å². The van der Waals surface area contributed by atoms with E-state index in [2.05, 4.69) is 4.84 Å². The number of aliphatic hydroxyl groups excluding tert-OH is 2. The van der Waals surface area contributed by atoms with Gasteiger partial charge in [-0.3, -0.25) is 0 Å². The molecule has 0 aliphatic heterocycles. The first-order valence-corrected chi connectivity index (χ1v) is 3.03. The normalized spacial score (nSPS) is 11.2. The molecule has 0 rings (SSSR count). The molecule has 11 heavy (non-hydrogen) atoms. The monoisotopic (exact) mass is 165 g/mol. The minimum atomic E-state index is -0.955. The van der Waals surface area contributed by atoms with Crippen LogP contribution in [0.15, 0.2) is 0 Å². The van der Waals surface area contributed by atoms with Crippen LogP contribution in [0.4, 0.5) is 0 Å². The van der Waals surface area contributed by atoms with E-state index in [1.165, 1.54) is 6.92 Å². The van der Waals surface area contributed by atoms with Crippen molar-refractivity contribution in [2.75, 3.05) is 19.8 Å². The Morgan fingerprint density at radius 2 is 2.00 bits per heavy atom. The molecule has 0 aromatic heterocycles. The van der Waals surface area contributed by atoms with Gasteiger partial charge in [0.15, 0.2) is 0 Å². The van der Waals surface area contributed by atoms with E-state index in [1.54, 1.807) is 0 Å². The standard InChI is InChI=1S/C5H11NO5/c1-5(2-7,3-8)4-11-6(9)10/h7-8H,2-4H2,1H3. The molecule has 0 spiro atoms. The van der Waals surface area contributed by atoms with Gasteiger partial charge in [-0.25, -0.2) is 0 Å². The van der Waals surface area contributed by atoms with Crippen molar-refractivity contribution in [3.05, 3.63) is 10.1 Å². The highest BCUT2D eigenvalue weighted by Gasteiger charge is 2.23. The zero-order chi connectivity index (χ0) is 8.91. The van der Waals surface area contributed by atoms with Gasteiger partial charge in [0, 0.05) is 5.41 Å². The van der Waals surface area contributed by atoms with Crippen LogP contribution in [0.3, 0.4) is 0 Å². The molecular formula is C5H11NO5. The molecule has 2 N–H and O–H groups in total. The molecule has 0 aromatic rings. The fraction of sp³-hybridized carbons (Fsp3) is 1.00. The molecule has 0 aliphatic carbocycles. The molecule has 0 heterocycles. The first-order valence-electron chi connectivity index (χ1n) is 3.03. The van der Waals surface area contributed by atoms with E-state index in [9.17, 15) is 10.1 Å². The van der Waals surface area contributed by atoms with Crippen LogP contribution >= 0.6 is 0 Å². The third-order valence-corrected chi connectivity index (χ3v) is 1.28. The number of hydrogen-bond donors (Lipinski definition) is 2. The predicted octanol–water partition coefficient (Wildman–Crippen LogP) is -0.814. The Morgan fingerprint density at radius 1 is 1.55 bits per heavy atom. The molecular weight excluding hydrogens is 154 g/mol. The van der Waals surface area contributed by atoms with Gasteiger partial charge < -0.3 is 15.1 Å². The van der Waals surface area contributed by atoms with E-state index in [0.717, 1.165) is 0 Å². The number of nitrogens with zero attached hydrogens (tertiary/aromatic N) is 1. The van der Waals surface area contributed by atoms with Gasteiger partial charge in [0.25, 0.3) is 5.09 Å². The van der Waals surface area contributed by atoms with E-state index < -0.39 is 10.5 Å². The second-order valence-corrected chi connectivity index (χ2v) is 2.62. The second-order valence-electron chi connectivity index (χ2n) is 2.62. The fourth-order valence-corrected chi connectivity index (χ4v) is 0.350. The maximum absolute atomic E-state index is 9.70. The van der Waals surface area contributed by atoms with Crippen molar-refractivity contribution < 1.29 is 20.1 Å². The van der Waals surface area contributed by atoms with Crippen molar-refractivity contribution in [3.63, 3.8) is 0 Å². The van der Waals surface area contributed by atoms with Gasteiger partial charge in [0.1, 0.15) is 6.61 Å². The Morgan fingerprint density at radius 3 is 2.27 bits per heavy atom. The molecule has 0 bridgehead atoms. The van der Waals surface area contributed by atoms with Gasteiger partial charge in [-0.1, -0.05) is 6.92 Å². The van der Waals surface area contributed by atoms with Crippen LogP contribution in [0.1, 0.15) is 6.92 Å². The molecule has 66 valence electrons. The molecule has 6 nitrogen and oxygen atoms in total. The summed E-state index contributed by atoms with van der Waals surface area (Å²) < 4.78 is 0. The highest BCUT2D eigenvalue weighted by atomic mass is 16.9. The SMILES string of the molecule is CC(CO)(CO)CO[N+](=O)[O-]. The van der Waals surface area contributed by atoms with Gasteiger partial charge in [0.05, 0.1) is 13.2 Å². The first kappa shape index (κ1) is 10.1. The van der Waals surface area contributed by atoms with E-state index in [0.29, 0.717) is 0 Å². The molecule has 0 unspecified atom stereocenters. The first-order chi connectivity index (χ1) is 5.04. The van der Waals surface area contributed by atoms with Crippen molar-refractivity contribution in [1.29, 1.82) is 0 Å². The van der Waals surface area contributed by atoms with Gasteiger partial charge in [0.2, 0.25) is 0 Å². The van der Waals surface area contributed by atoms with Crippen LogP contribution in [0.5, 0.6) is 0 Å². The summed E-state index contributed by atoms with van der Waals surface area (Å²) in [6, 6.07) is 0. The van der Waals surface area contributed by atoms with Crippen LogP contribution in [-0.4, -0.2) is 35.1 Å². The smallest absolute Gasteiger partial charge is 0.294 e. The summed E-state index contributed by atoms with van der Waals surface area (Å²) in [5, 5.41) is 26.0. The summed E-state index contributed by atoms with van der Waals surface area (Å²) in [5.41, 5.74) is -0.937. The lowest BCUT2D eigenvalue weighted by molar-refractivity contribution is -0.761. The second kappa shape index (κ2) is 4.09. The Labute approximate surface area is 63.5 Å². The highest BCUT2D eigenvalue weighted by Crippen LogP contribution is 2.13. The lowest BCUT2D eigenvalue weighted by atomic mass is 9.95. The van der Waals surface area contributed by atoms with Crippen molar-refractivity contribution in [2.24, 2.45) is 5.41 Å². The third kappa shape index (κ3) is 3.74. The summed E-state index contributed by atoms with van der Waals surface area (Å²) in [4.78, 5) is 13.7. The summed E-state index contributed by atoms with van der Waals surface area (Å²) in [7, 11) is 0. The van der Waals surface area contributed by atoms with E-state index in [4.69, 9.17) is 10.2 Å². The van der Waals surface area contributed by atoms with Crippen molar-refractivity contribution in [1.82, 2.24) is 0 Å². The third-order valence-electron chi connectivity index (χ3n) is 1.28. The maximum atomic E-state index is 9.70. The van der Waals surface area contributed by atoms with Crippen molar-refractivity contribution in [3.8, 4) is 0 Å². The van der Waals surface area contributed by atoms with Gasteiger partial charge >= 0.3 is 0 Å².